The molecule has 2 N–H and O–H groups in total. The molecule has 0 radical (unpaired) electrons. The quantitative estimate of drug-likeness (QED) is 0.505. The largest absolute Gasteiger partial charge is 0.325 e. The first kappa shape index (κ1) is 4.97. The van der Waals surface area contributed by atoms with Gasteiger partial charge in [-0.2, -0.15) is 0 Å². The predicted molar refractivity (Wildman–Crippen MR) is 38.9 cm³/mol. The third-order valence-electron chi connectivity index (χ3n) is 2.78. The Kier molecular flexibility index (Phi) is 0.722. The fourth-order valence-electron chi connectivity index (χ4n) is 2.24. The highest BCUT2D eigenvalue weighted by Crippen LogP contribution is 2.43. The molecule has 1 fully saturated rings. The van der Waals surface area contributed by atoms with Gasteiger partial charge in [0.05, 0.1) is 0 Å². The zero-order valence-electron chi connectivity index (χ0n) is 5.72. The van der Waals surface area contributed by atoms with E-state index < -0.39 is 0 Å². The maximum absolute atomic E-state index is 3.23. The molecule has 2 atom stereocenters. The molecule has 2 heteroatoms. The van der Waals surface area contributed by atoms with E-state index in [1.807, 2.05) is 0 Å². The van der Waals surface area contributed by atoms with E-state index in [0.717, 1.165) is 18.4 Å². The molecule has 2 nitrogen and oxygen atoms in total. The maximum Gasteiger partial charge on any atom is 0.0344 e. The van der Waals surface area contributed by atoms with Crippen molar-refractivity contribution in [2.45, 2.75) is 6.42 Å². The van der Waals surface area contributed by atoms with E-state index in [-0.39, 0.29) is 0 Å². The zero-order chi connectivity index (χ0) is 6.55. The topological polar surface area (TPSA) is 24.1 Å². The molecule has 1 aliphatic heterocycles. The lowest BCUT2D eigenvalue weighted by Crippen LogP contribution is -2.21. The predicted octanol–water partition coefficient (Wildman–Crippen LogP) is 0.554. The first-order valence-corrected chi connectivity index (χ1v) is 3.85. The van der Waals surface area contributed by atoms with Gasteiger partial charge in [-0.1, -0.05) is 12.2 Å². The molecule has 0 amide bonds. The number of hydrogen-bond donors (Lipinski definition) is 2. The molecule has 2 aliphatic carbocycles. The van der Waals surface area contributed by atoms with Crippen LogP contribution in [0.15, 0.2) is 23.4 Å². The SMILES string of the molecule is C1=CC2CC1=C1NNCC12. The Morgan fingerprint density at radius 2 is 2.50 bits per heavy atom. The normalized spacial score (nSPS) is 40.8. The maximum atomic E-state index is 3.23. The molecule has 0 saturated carbocycles. The van der Waals surface area contributed by atoms with E-state index >= 15 is 0 Å². The van der Waals surface area contributed by atoms with Crippen LogP contribution in [0.5, 0.6) is 0 Å². The smallest absolute Gasteiger partial charge is 0.0344 e. The number of fused-ring (bicyclic) bond motifs is 4. The van der Waals surface area contributed by atoms with Gasteiger partial charge in [-0.25, -0.2) is 5.43 Å². The second-order valence-electron chi connectivity index (χ2n) is 3.28. The van der Waals surface area contributed by atoms with Crippen LogP contribution in [0.1, 0.15) is 6.42 Å². The number of hydrazine groups is 1. The van der Waals surface area contributed by atoms with Gasteiger partial charge in [0, 0.05) is 18.2 Å². The van der Waals surface area contributed by atoms with Gasteiger partial charge >= 0.3 is 0 Å². The van der Waals surface area contributed by atoms with Crippen LogP contribution in [-0.2, 0) is 0 Å². The molecular formula is C8H10N2. The molecule has 52 valence electrons. The molecule has 1 saturated heterocycles. The molecule has 0 spiro atoms. The number of nitrogens with one attached hydrogen (secondary N) is 2. The summed E-state index contributed by atoms with van der Waals surface area (Å²) in [6.07, 6.45) is 5.89. The molecule has 0 aromatic heterocycles. The Bertz CT molecular complexity index is 240. The van der Waals surface area contributed by atoms with Crippen molar-refractivity contribution in [3.8, 4) is 0 Å². The van der Waals surface area contributed by atoms with Gasteiger partial charge in [0.2, 0.25) is 0 Å². The molecule has 10 heavy (non-hydrogen) atoms. The van der Waals surface area contributed by atoms with Gasteiger partial charge in [-0.3, -0.25) is 0 Å². The highest BCUT2D eigenvalue weighted by atomic mass is 15.4. The standard InChI is InChI=1S/C8H10N2/c1-2-6-3-5(1)7-4-9-10-8(6)7/h1-2,5,7,9-10H,3-4H2. The van der Waals surface area contributed by atoms with Gasteiger partial charge in [0.15, 0.2) is 0 Å². The average molecular weight is 134 g/mol. The molecule has 2 bridgehead atoms. The summed E-state index contributed by atoms with van der Waals surface area (Å²) in [7, 11) is 0. The third-order valence-corrected chi connectivity index (χ3v) is 2.78. The van der Waals surface area contributed by atoms with Crippen molar-refractivity contribution in [3.05, 3.63) is 23.4 Å². The molecule has 1 heterocycles. The van der Waals surface area contributed by atoms with E-state index in [4.69, 9.17) is 0 Å². The van der Waals surface area contributed by atoms with E-state index in [9.17, 15) is 0 Å². The van der Waals surface area contributed by atoms with Gasteiger partial charge < -0.3 is 5.43 Å². The summed E-state index contributed by atoms with van der Waals surface area (Å²) in [5.74, 6) is 1.59. The number of allylic oxidation sites excluding steroid dienone is 3. The minimum absolute atomic E-state index is 0.778. The van der Waals surface area contributed by atoms with Gasteiger partial charge in [0.1, 0.15) is 0 Å². The minimum Gasteiger partial charge on any atom is -0.325 e. The van der Waals surface area contributed by atoms with E-state index in [1.165, 1.54) is 17.7 Å². The van der Waals surface area contributed by atoms with Crippen molar-refractivity contribution < 1.29 is 0 Å². The van der Waals surface area contributed by atoms with E-state index in [2.05, 4.69) is 23.0 Å². The van der Waals surface area contributed by atoms with Crippen LogP contribution in [0, 0.1) is 11.8 Å². The Hall–Kier alpha value is -0.760. The fraction of sp³-hybridized carbons (Fsp3) is 0.500. The van der Waals surface area contributed by atoms with Crippen LogP contribution in [-0.4, -0.2) is 6.54 Å². The lowest BCUT2D eigenvalue weighted by atomic mass is 9.95. The molecule has 0 aromatic carbocycles. The summed E-state index contributed by atoms with van der Waals surface area (Å²) in [6, 6.07) is 0. The molecular weight excluding hydrogens is 124 g/mol. The third kappa shape index (κ3) is 0.409. The van der Waals surface area contributed by atoms with Crippen LogP contribution in [0.2, 0.25) is 0 Å². The van der Waals surface area contributed by atoms with Crippen molar-refractivity contribution in [1.82, 2.24) is 10.9 Å². The Morgan fingerprint density at radius 1 is 1.50 bits per heavy atom. The Balaban J connectivity index is 2.15. The summed E-state index contributed by atoms with van der Waals surface area (Å²) in [4.78, 5) is 0. The highest BCUT2D eigenvalue weighted by Gasteiger charge is 2.38. The summed E-state index contributed by atoms with van der Waals surface area (Å²) < 4.78 is 0. The van der Waals surface area contributed by atoms with Crippen molar-refractivity contribution in [2.24, 2.45) is 11.8 Å². The van der Waals surface area contributed by atoms with Gasteiger partial charge in [0.25, 0.3) is 0 Å². The zero-order valence-corrected chi connectivity index (χ0v) is 5.72. The lowest BCUT2D eigenvalue weighted by molar-refractivity contribution is 0.519. The van der Waals surface area contributed by atoms with Crippen molar-refractivity contribution >= 4 is 0 Å². The van der Waals surface area contributed by atoms with E-state index in [0.29, 0.717) is 0 Å². The van der Waals surface area contributed by atoms with Crippen LogP contribution < -0.4 is 10.9 Å². The second kappa shape index (κ2) is 1.45. The van der Waals surface area contributed by atoms with Gasteiger partial charge in [-0.15, -0.1) is 0 Å². The Labute approximate surface area is 60.0 Å². The number of hydrogen-bond acceptors (Lipinski definition) is 2. The number of rotatable bonds is 0. The van der Waals surface area contributed by atoms with E-state index in [1.54, 1.807) is 0 Å². The van der Waals surface area contributed by atoms with Crippen LogP contribution >= 0.6 is 0 Å². The van der Waals surface area contributed by atoms with Crippen molar-refractivity contribution in [3.63, 3.8) is 0 Å². The van der Waals surface area contributed by atoms with Crippen LogP contribution in [0.25, 0.3) is 0 Å². The lowest BCUT2D eigenvalue weighted by Gasteiger charge is -2.10. The second-order valence-corrected chi connectivity index (χ2v) is 3.28. The molecule has 2 unspecified atom stereocenters. The summed E-state index contributed by atoms with van der Waals surface area (Å²) >= 11 is 0. The first-order chi connectivity index (χ1) is 4.95. The average Bonchev–Trinajstić information content (AvgIpc) is 2.60. The first-order valence-electron chi connectivity index (χ1n) is 3.85. The monoisotopic (exact) mass is 134 g/mol. The van der Waals surface area contributed by atoms with Crippen LogP contribution in [0.4, 0.5) is 0 Å². The van der Waals surface area contributed by atoms with Crippen LogP contribution in [0.3, 0.4) is 0 Å². The highest BCUT2D eigenvalue weighted by molar-refractivity contribution is 5.41. The van der Waals surface area contributed by atoms with Gasteiger partial charge in [-0.05, 0) is 17.9 Å². The summed E-state index contributed by atoms with van der Waals surface area (Å²) in [6.45, 7) is 1.12. The van der Waals surface area contributed by atoms with Crippen molar-refractivity contribution in [2.75, 3.05) is 6.54 Å². The van der Waals surface area contributed by atoms with Crippen molar-refractivity contribution in [1.29, 1.82) is 0 Å². The molecule has 3 aliphatic rings. The Morgan fingerprint density at radius 3 is 3.40 bits per heavy atom. The molecule has 0 aromatic rings. The summed E-state index contributed by atoms with van der Waals surface area (Å²) in [5, 5.41) is 0. The molecule has 3 rings (SSSR count). The fourth-order valence-corrected chi connectivity index (χ4v) is 2.24. The summed E-state index contributed by atoms with van der Waals surface area (Å²) in [5.41, 5.74) is 9.40. The minimum atomic E-state index is 0.778.